The summed E-state index contributed by atoms with van der Waals surface area (Å²) in [5.74, 6) is 0.0204. The average Bonchev–Trinajstić information content (AvgIpc) is 2.88. The minimum atomic E-state index is -0.263. The SMILES string of the molecule is Cc1ccc(-n2c(C)cc(/C=C/C(=O)N3CCC(O)CC3)c2C)cc1. The van der Waals surface area contributed by atoms with Crippen molar-refractivity contribution in [2.24, 2.45) is 0 Å². The van der Waals surface area contributed by atoms with Crippen molar-refractivity contribution >= 4 is 12.0 Å². The molecule has 1 aromatic carbocycles. The van der Waals surface area contributed by atoms with Crippen molar-refractivity contribution in [1.82, 2.24) is 9.47 Å². The van der Waals surface area contributed by atoms with Crippen molar-refractivity contribution in [1.29, 1.82) is 0 Å². The first kappa shape index (κ1) is 17.5. The van der Waals surface area contributed by atoms with Crippen LogP contribution in [0.3, 0.4) is 0 Å². The number of amides is 1. The summed E-state index contributed by atoms with van der Waals surface area (Å²) in [5.41, 5.74) is 5.71. The standard InChI is InChI=1S/C21H26N2O2/c1-15-4-7-19(8-5-15)23-16(2)14-18(17(23)3)6-9-21(25)22-12-10-20(24)11-13-22/h4-9,14,20,24H,10-13H2,1-3H3/b9-6+. The highest BCUT2D eigenvalue weighted by Crippen LogP contribution is 2.22. The summed E-state index contributed by atoms with van der Waals surface area (Å²) in [6.45, 7) is 7.50. The van der Waals surface area contributed by atoms with Crippen LogP contribution in [0.4, 0.5) is 0 Å². The van der Waals surface area contributed by atoms with Crippen molar-refractivity contribution < 1.29 is 9.90 Å². The minimum Gasteiger partial charge on any atom is -0.393 e. The predicted octanol–water partition coefficient (Wildman–Crippen LogP) is 3.40. The van der Waals surface area contributed by atoms with Crippen molar-refractivity contribution in [2.45, 2.75) is 39.7 Å². The van der Waals surface area contributed by atoms with Gasteiger partial charge in [-0.2, -0.15) is 0 Å². The zero-order chi connectivity index (χ0) is 18.0. The number of likely N-dealkylation sites (tertiary alicyclic amines) is 1. The van der Waals surface area contributed by atoms with Gasteiger partial charge < -0.3 is 14.6 Å². The number of aromatic nitrogens is 1. The normalized spacial score (nSPS) is 15.9. The lowest BCUT2D eigenvalue weighted by molar-refractivity contribution is -0.127. The highest BCUT2D eigenvalue weighted by molar-refractivity contribution is 5.92. The summed E-state index contributed by atoms with van der Waals surface area (Å²) in [4.78, 5) is 14.1. The lowest BCUT2D eigenvalue weighted by Crippen LogP contribution is -2.39. The summed E-state index contributed by atoms with van der Waals surface area (Å²) in [6, 6.07) is 10.6. The first-order valence-corrected chi connectivity index (χ1v) is 8.87. The van der Waals surface area contributed by atoms with E-state index < -0.39 is 0 Å². The zero-order valence-electron chi connectivity index (χ0n) is 15.2. The zero-order valence-corrected chi connectivity index (χ0v) is 15.2. The molecule has 1 aromatic heterocycles. The number of rotatable bonds is 3. The Morgan fingerprint density at radius 3 is 2.40 bits per heavy atom. The van der Waals surface area contributed by atoms with Gasteiger partial charge >= 0.3 is 0 Å². The number of carbonyl (C=O) groups excluding carboxylic acids is 1. The van der Waals surface area contributed by atoms with Gasteiger partial charge in [-0.05, 0) is 63.5 Å². The van der Waals surface area contributed by atoms with Gasteiger partial charge in [-0.15, -0.1) is 0 Å². The Kier molecular flexibility index (Phi) is 5.09. The molecule has 25 heavy (non-hydrogen) atoms. The molecule has 0 aliphatic carbocycles. The lowest BCUT2D eigenvalue weighted by Gasteiger charge is -2.28. The molecule has 0 atom stereocenters. The number of benzene rings is 1. The smallest absolute Gasteiger partial charge is 0.246 e. The Morgan fingerprint density at radius 1 is 1.12 bits per heavy atom. The first-order valence-electron chi connectivity index (χ1n) is 8.87. The molecule has 4 nitrogen and oxygen atoms in total. The van der Waals surface area contributed by atoms with Gasteiger partial charge in [0.1, 0.15) is 0 Å². The Balaban J connectivity index is 1.78. The van der Waals surface area contributed by atoms with E-state index in [1.165, 1.54) is 5.56 Å². The Hall–Kier alpha value is -2.33. The maximum Gasteiger partial charge on any atom is 0.246 e. The van der Waals surface area contributed by atoms with Gasteiger partial charge in [0.25, 0.3) is 0 Å². The number of hydrogen-bond donors (Lipinski definition) is 1. The summed E-state index contributed by atoms with van der Waals surface area (Å²) in [6.07, 6.45) is 4.63. The van der Waals surface area contributed by atoms with Crippen LogP contribution in [0.5, 0.6) is 0 Å². The number of nitrogens with zero attached hydrogens (tertiary/aromatic N) is 2. The van der Waals surface area contributed by atoms with Crippen LogP contribution in [0.25, 0.3) is 11.8 Å². The summed E-state index contributed by atoms with van der Waals surface area (Å²) >= 11 is 0. The van der Waals surface area contributed by atoms with E-state index >= 15 is 0 Å². The van der Waals surface area contributed by atoms with Gasteiger partial charge in [0.05, 0.1) is 6.10 Å². The van der Waals surface area contributed by atoms with E-state index in [0.29, 0.717) is 25.9 Å². The molecule has 0 bridgehead atoms. The van der Waals surface area contributed by atoms with Gasteiger partial charge in [-0.1, -0.05) is 17.7 Å². The highest BCUT2D eigenvalue weighted by atomic mass is 16.3. The first-order chi connectivity index (χ1) is 12.0. The third-order valence-corrected chi connectivity index (χ3v) is 4.94. The predicted molar refractivity (Wildman–Crippen MR) is 101 cm³/mol. The van der Waals surface area contributed by atoms with Gasteiger partial charge in [0.2, 0.25) is 5.91 Å². The second-order valence-electron chi connectivity index (χ2n) is 6.89. The van der Waals surface area contributed by atoms with Crippen LogP contribution in [-0.2, 0) is 4.79 Å². The third-order valence-electron chi connectivity index (χ3n) is 4.94. The number of carbonyl (C=O) groups is 1. The van der Waals surface area contributed by atoms with Gasteiger partial charge in [0, 0.05) is 36.2 Å². The fourth-order valence-electron chi connectivity index (χ4n) is 3.40. The molecule has 0 saturated carbocycles. The molecule has 1 saturated heterocycles. The van der Waals surface area contributed by atoms with E-state index in [4.69, 9.17) is 0 Å². The summed E-state index contributed by atoms with van der Waals surface area (Å²) < 4.78 is 2.21. The topological polar surface area (TPSA) is 45.5 Å². The Labute approximate surface area is 149 Å². The third kappa shape index (κ3) is 3.85. The molecule has 3 rings (SSSR count). The summed E-state index contributed by atoms with van der Waals surface area (Å²) in [5, 5.41) is 9.55. The van der Waals surface area contributed by atoms with Gasteiger partial charge in [-0.3, -0.25) is 4.79 Å². The molecule has 132 valence electrons. The Bertz CT molecular complexity index is 779. The van der Waals surface area contributed by atoms with E-state index in [1.54, 1.807) is 6.08 Å². The van der Waals surface area contributed by atoms with E-state index in [1.807, 2.05) is 11.0 Å². The van der Waals surface area contributed by atoms with Crippen LogP contribution in [0.15, 0.2) is 36.4 Å². The number of aliphatic hydroxyl groups is 1. The monoisotopic (exact) mass is 338 g/mol. The van der Waals surface area contributed by atoms with Gasteiger partial charge in [0.15, 0.2) is 0 Å². The molecule has 0 spiro atoms. The molecule has 0 unspecified atom stereocenters. The van der Waals surface area contributed by atoms with Crippen molar-refractivity contribution in [2.75, 3.05) is 13.1 Å². The molecule has 0 radical (unpaired) electrons. The van der Waals surface area contributed by atoms with Crippen molar-refractivity contribution in [3.63, 3.8) is 0 Å². The Morgan fingerprint density at radius 2 is 1.76 bits per heavy atom. The molecule has 1 aliphatic heterocycles. The van der Waals surface area contributed by atoms with Crippen LogP contribution in [0.1, 0.15) is 35.4 Å². The quantitative estimate of drug-likeness (QED) is 0.872. The average molecular weight is 338 g/mol. The number of aliphatic hydroxyl groups excluding tert-OH is 1. The molecule has 4 heteroatoms. The molecule has 1 N–H and O–H groups in total. The highest BCUT2D eigenvalue weighted by Gasteiger charge is 2.19. The van der Waals surface area contributed by atoms with Crippen LogP contribution in [0, 0.1) is 20.8 Å². The second kappa shape index (κ2) is 7.28. The van der Waals surface area contributed by atoms with Crippen LogP contribution >= 0.6 is 0 Å². The van der Waals surface area contributed by atoms with Crippen LogP contribution in [-0.4, -0.2) is 39.7 Å². The number of hydrogen-bond acceptors (Lipinski definition) is 2. The largest absolute Gasteiger partial charge is 0.393 e. The molecule has 1 aliphatic rings. The molecule has 2 heterocycles. The second-order valence-corrected chi connectivity index (χ2v) is 6.89. The number of piperidine rings is 1. The van der Waals surface area contributed by atoms with Crippen molar-refractivity contribution in [3.8, 4) is 5.69 Å². The van der Waals surface area contributed by atoms with Crippen LogP contribution in [0.2, 0.25) is 0 Å². The fourth-order valence-corrected chi connectivity index (χ4v) is 3.40. The number of aryl methyl sites for hydroxylation is 2. The minimum absolute atomic E-state index is 0.0204. The van der Waals surface area contributed by atoms with E-state index in [-0.39, 0.29) is 12.0 Å². The molecule has 1 fully saturated rings. The molecule has 2 aromatic rings. The molecular formula is C21H26N2O2. The molecular weight excluding hydrogens is 312 g/mol. The van der Waals surface area contributed by atoms with Crippen molar-refractivity contribution in [3.05, 3.63) is 58.9 Å². The van der Waals surface area contributed by atoms with E-state index in [9.17, 15) is 9.90 Å². The van der Waals surface area contributed by atoms with E-state index in [2.05, 4.69) is 55.7 Å². The maximum absolute atomic E-state index is 12.3. The van der Waals surface area contributed by atoms with Gasteiger partial charge in [-0.25, -0.2) is 0 Å². The fraction of sp³-hybridized carbons (Fsp3) is 0.381. The van der Waals surface area contributed by atoms with E-state index in [0.717, 1.165) is 22.6 Å². The maximum atomic E-state index is 12.3. The molecule has 1 amide bonds. The lowest BCUT2D eigenvalue weighted by atomic mass is 10.1. The summed E-state index contributed by atoms with van der Waals surface area (Å²) in [7, 11) is 0. The van der Waals surface area contributed by atoms with Crippen LogP contribution < -0.4 is 0 Å².